The van der Waals surface area contributed by atoms with E-state index in [4.69, 9.17) is 5.73 Å². The summed E-state index contributed by atoms with van der Waals surface area (Å²) < 4.78 is 0. The molecule has 1 fully saturated rings. The van der Waals surface area contributed by atoms with E-state index in [0.29, 0.717) is 12.5 Å². The number of carbonyl (C=O) groups is 1. The fraction of sp³-hybridized carbons (Fsp3) is 0.917. The molecule has 88 valence electrons. The smallest absolute Gasteiger partial charge is 0.229 e. The second-order valence-corrected chi connectivity index (χ2v) is 5.27. The lowest BCUT2D eigenvalue weighted by molar-refractivity contribution is -0.140. The van der Waals surface area contributed by atoms with Crippen LogP contribution >= 0.6 is 0 Å². The Morgan fingerprint density at radius 3 is 2.33 bits per heavy atom. The Morgan fingerprint density at radius 1 is 1.40 bits per heavy atom. The van der Waals surface area contributed by atoms with Crippen molar-refractivity contribution in [3.05, 3.63) is 0 Å². The third-order valence-corrected chi connectivity index (χ3v) is 3.39. The van der Waals surface area contributed by atoms with Gasteiger partial charge < -0.3 is 10.6 Å². The maximum Gasteiger partial charge on any atom is 0.229 e. The summed E-state index contributed by atoms with van der Waals surface area (Å²) in [6.07, 6.45) is 4.26. The van der Waals surface area contributed by atoms with Gasteiger partial charge in [-0.2, -0.15) is 0 Å². The van der Waals surface area contributed by atoms with Crippen molar-refractivity contribution >= 4 is 5.91 Å². The van der Waals surface area contributed by atoms with Gasteiger partial charge in [-0.3, -0.25) is 4.79 Å². The number of rotatable bonds is 4. The van der Waals surface area contributed by atoms with Crippen molar-refractivity contribution in [2.24, 2.45) is 17.1 Å². The van der Waals surface area contributed by atoms with Gasteiger partial charge in [0, 0.05) is 20.1 Å². The monoisotopic (exact) mass is 212 g/mol. The Kier molecular flexibility index (Phi) is 4.14. The molecule has 0 radical (unpaired) electrons. The van der Waals surface area contributed by atoms with Gasteiger partial charge in [-0.25, -0.2) is 0 Å². The van der Waals surface area contributed by atoms with Crippen molar-refractivity contribution in [3.8, 4) is 0 Å². The minimum Gasteiger partial charge on any atom is -0.345 e. The third kappa shape index (κ3) is 2.71. The molecule has 1 aliphatic rings. The molecule has 0 unspecified atom stereocenters. The predicted octanol–water partition coefficient (Wildman–Crippen LogP) is 1.62. The molecule has 0 aromatic rings. The Balaban J connectivity index is 2.64. The van der Waals surface area contributed by atoms with E-state index in [1.807, 2.05) is 11.9 Å². The van der Waals surface area contributed by atoms with Gasteiger partial charge in [0.15, 0.2) is 0 Å². The average Bonchev–Trinajstić information content (AvgIpc) is 2.65. The summed E-state index contributed by atoms with van der Waals surface area (Å²) in [4.78, 5) is 14.1. The van der Waals surface area contributed by atoms with Crippen molar-refractivity contribution in [1.82, 2.24) is 4.90 Å². The SMILES string of the molecule is CC(C)CN(C)C(=O)C1(CN)CCCC1. The summed E-state index contributed by atoms with van der Waals surface area (Å²) in [5.74, 6) is 0.784. The number of nitrogens with two attached hydrogens (primary N) is 1. The first-order valence-electron chi connectivity index (χ1n) is 5.97. The van der Waals surface area contributed by atoms with E-state index in [2.05, 4.69) is 13.8 Å². The van der Waals surface area contributed by atoms with Gasteiger partial charge in [-0.05, 0) is 18.8 Å². The summed E-state index contributed by atoms with van der Waals surface area (Å²) in [6.45, 7) is 5.61. The number of hydrogen-bond donors (Lipinski definition) is 1. The second-order valence-electron chi connectivity index (χ2n) is 5.27. The highest BCUT2D eigenvalue weighted by molar-refractivity contribution is 5.83. The summed E-state index contributed by atoms with van der Waals surface area (Å²) in [7, 11) is 1.90. The Hall–Kier alpha value is -0.570. The third-order valence-electron chi connectivity index (χ3n) is 3.39. The highest BCUT2D eigenvalue weighted by atomic mass is 16.2. The van der Waals surface area contributed by atoms with E-state index in [9.17, 15) is 4.79 Å². The molecule has 0 aromatic heterocycles. The quantitative estimate of drug-likeness (QED) is 0.769. The molecule has 0 spiro atoms. The minimum atomic E-state index is -0.232. The fourth-order valence-electron chi connectivity index (χ4n) is 2.59. The molecule has 0 saturated heterocycles. The lowest BCUT2D eigenvalue weighted by atomic mass is 9.84. The van der Waals surface area contributed by atoms with Crippen LogP contribution in [0.4, 0.5) is 0 Å². The molecule has 0 aromatic carbocycles. The van der Waals surface area contributed by atoms with Crippen molar-refractivity contribution in [3.63, 3.8) is 0 Å². The van der Waals surface area contributed by atoms with Crippen molar-refractivity contribution in [2.45, 2.75) is 39.5 Å². The maximum atomic E-state index is 12.3. The molecule has 0 bridgehead atoms. The number of nitrogens with zero attached hydrogens (tertiary/aromatic N) is 1. The Morgan fingerprint density at radius 2 is 1.93 bits per heavy atom. The highest BCUT2D eigenvalue weighted by Gasteiger charge is 2.41. The Labute approximate surface area is 93.0 Å². The van der Waals surface area contributed by atoms with E-state index in [0.717, 1.165) is 32.2 Å². The van der Waals surface area contributed by atoms with E-state index >= 15 is 0 Å². The van der Waals surface area contributed by atoms with Crippen LogP contribution in [0.25, 0.3) is 0 Å². The van der Waals surface area contributed by atoms with Crippen LogP contribution in [0.1, 0.15) is 39.5 Å². The summed E-state index contributed by atoms with van der Waals surface area (Å²) in [5, 5.41) is 0. The summed E-state index contributed by atoms with van der Waals surface area (Å²) in [6, 6.07) is 0. The van der Waals surface area contributed by atoms with Crippen LogP contribution in [0.2, 0.25) is 0 Å². The van der Waals surface area contributed by atoms with E-state index in [1.165, 1.54) is 0 Å². The summed E-state index contributed by atoms with van der Waals surface area (Å²) in [5.41, 5.74) is 5.56. The molecule has 1 amide bonds. The molecule has 0 heterocycles. The zero-order valence-corrected chi connectivity index (χ0v) is 10.3. The first-order chi connectivity index (χ1) is 7.02. The lowest BCUT2D eigenvalue weighted by Gasteiger charge is -2.32. The van der Waals surface area contributed by atoms with Gasteiger partial charge in [-0.15, -0.1) is 0 Å². The predicted molar refractivity (Wildman–Crippen MR) is 62.4 cm³/mol. The molecule has 15 heavy (non-hydrogen) atoms. The minimum absolute atomic E-state index is 0.232. The van der Waals surface area contributed by atoms with Crippen LogP contribution in [0.3, 0.4) is 0 Å². The summed E-state index contributed by atoms with van der Waals surface area (Å²) >= 11 is 0. The molecule has 1 rings (SSSR count). The molecule has 0 atom stereocenters. The highest BCUT2D eigenvalue weighted by Crippen LogP contribution is 2.38. The largest absolute Gasteiger partial charge is 0.345 e. The van der Waals surface area contributed by atoms with Gasteiger partial charge in [0.25, 0.3) is 0 Å². The van der Waals surface area contributed by atoms with Crippen LogP contribution in [0, 0.1) is 11.3 Å². The zero-order valence-electron chi connectivity index (χ0n) is 10.3. The number of carbonyl (C=O) groups excluding carboxylic acids is 1. The number of hydrogen-bond acceptors (Lipinski definition) is 2. The van der Waals surface area contributed by atoms with Crippen molar-refractivity contribution in [1.29, 1.82) is 0 Å². The molecule has 3 nitrogen and oxygen atoms in total. The van der Waals surface area contributed by atoms with Gasteiger partial charge >= 0.3 is 0 Å². The molecule has 1 aliphatic carbocycles. The van der Waals surface area contributed by atoms with Crippen LogP contribution in [0.5, 0.6) is 0 Å². The zero-order chi connectivity index (χ0) is 11.5. The second kappa shape index (κ2) is 4.97. The van der Waals surface area contributed by atoms with Gasteiger partial charge in [-0.1, -0.05) is 26.7 Å². The van der Waals surface area contributed by atoms with Gasteiger partial charge in [0.1, 0.15) is 0 Å². The molecular weight excluding hydrogens is 188 g/mol. The standard InChI is InChI=1S/C12H24N2O/c1-10(2)8-14(3)11(15)12(9-13)6-4-5-7-12/h10H,4-9,13H2,1-3H3. The molecule has 2 N–H and O–H groups in total. The molecule has 1 saturated carbocycles. The molecular formula is C12H24N2O. The fourth-order valence-corrected chi connectivity index (χ4v) is 2.59. The van der Waals surface area contributed by atoms with E-state index in [-0.39, 0.29) is 11.3 Å². The van der Waals surface area contributed by atoms with E-state index < -0.39 is 0 Å². The van der Waals surface area contributed by atoms with Crippen LogP contribution in [-0.4, -0.2) is 30.9 Å². The lowest BCUT2D eigenvalue weighted by Crippen LogP contribution is -2.46. The first kappa shape index (κ1) is 12.5. The van der Waals surface area contributed by atoms with Gasteiger partial charge in [0.2, 0.25) is 5.91 Å². The molecule has 3 heteroatoms. The average molecular weight is 212 g/mol. The normalized spacial score (nSPS) is 19.5. The Bertz CT molecular complexity index is 220. The van der Waals surface area contributed by atoms with E-state index in [1.54, 1.807) is 0 Å². The number of amides is 1. The topological polar surface area (TPSA) is 46.3 Å². The first-order valence-corrected chi connectivity index (χ1v) is 5.97. The van der Waals surface area contributed by atoms with Crippen molar-refractivity contribution < 1.29 is 4.79 Å². The maximum absolute atomic E-state index is 12.3. The van der Waals surface area contributed by atoms with Crippen LogP contribution in [0.15, 0.2) is 0 Å². The van der Waals surface area contributed by atoms with Crippen molar-refractivity contribution in [2.75, 3.05) is 20.1 Å². The van der Waals surface area contributed by atoms with Gasteiger partial charge in [0.05, 0.1) is 5.41 Å². The van der Waals surface area contributed by atoms with Crippen LogP contribution < -0.4 is 5.73 Å². The molecule has 0 aliphatic heterocycles. The van der Waals surface area contributed by atoms with Crippen LogP contribution in [-0.2, 0) is 4.79 Å².